The van der Waals surface area contributed by atoms with Gasteiger partial charge in [0.05, 0.1) is 11.7 Å². The van der Waals surface area contributed by atoms with Gasteiger partial charge >= 0.3 is 18.1 Å². The van der Waals surface area contributed by atoms with Crippen molar-refractivity contribution < 1.29 is 42.8 Å². The summed E-state index contributed by atoms with van der Waals surface area (Å²) in [5.74, 6) is -2.78. The molecule has 39 heavy (non-hydrogen) atoms. The van der Waals surface area contributed by atoms with Gasteiger partial charge in [-0.15, -0.1) is 0 Å². The summed E-state index contributed by atoms with van der Waals surface area (Å²) < 4.78 is 37.9. The van der Waals surface area contributed by atoms with Crippen LogP contribution >= 0.6 is 0 Å². The summed E-state index contributed by atoms with van der Waals surface area (Å²) in [4.78, 5) is 19.9. The lowest BCUT2D eigenvalue weighted by Gasteiger charge is -2.27. The second-order valence-corrected chi connectivity index (χ2v) is 9.30. The van der Waals surface area contributed by atoms with Crippen molar-refractivity contribution in [2.24, 2.45) is 0 Å². The van der Waals surface area contributed by atoms with E-state index in [1.807, 2.05) is 42.5 Å². The third-order valence-electron chi connectivity index (χ3n) is 6.42. The van der Waals surface area contributed by atoms with E-state index in [4.69, 9.17) is 19.7 Å². The summed E-state index contributed by atoms with van der Waals surface area (Å²) in [5, 5.41) is 30.0. The van der Waals surface area contributed by atoms with Crippen molar-refractivity contribution in [2.45, 2.75) is 45.1 Å². The molecular weight excluding hydrogens is 515 g/mol. The van der Waals surface area contributed by atoms with Crippen molar-refractivity contribution in [2.75, 3.05) is 13.1 Å². The quantitative estimate of drug-likeness (QED) is 0.318. The Bertz CT molecular complexity index is 1310. The molecule has 4 rings (SSSR count). The number of ether oxygens (including phenoxy) is 1. The van der Waals surface area contributed by atoms with Gasteiger partial charge in [0.15, 0.2) is 0 Å². The van der Waals surface area contributed by atoms with Gasteiger partial charge in [-0.1, -0.05) is 36.4 Å². The minimum atomic E-state index is -5.08. The molecule has 0 aliphatic carbocycles. The Kier molecular flexibility index (Phi) is 9.71. The van der Waals surface area contributed by atoms with Crippen molar-refractivity contribution in [3.05, 3.63) is 88.5 Å². The molecule has 0 spiro atoms. The maximum atomic E-state index is 11.0. The Balaban J connectivity index is 0.000000532. The minimum absolute atomic E-state index is 0.0650. The number of nitrogens with one attached hydrogen (secondary N) is 1. The summed E-state index contributed by atoms with van der Waals surface area (Å²) in [6, 6.07) is 19.1. The highest BCUT2D eigenvalue weighted by atomic mass is 19.4. The van der Waals surface area contributed by atoms with Gasteiger partial charge in [0.2, 0.25) is 0 Å². The van der Waals surface area contributed by atoms with Crippen molar-refractivity contribution >= 4 is 11.9 Å². The highest BCUT2D eigenvalue weighted by molar-refractivity contribution is 5.88. The monoisotopic (exact) mass is 545 g/mol. The first-order valence-corrected chi connectivity index (χ1v) is 12.2. The molecule has 2 atom stereocenters. The summed E-state index contributed by atoms with van der Waals surface area (Å²) in [5.41, 5.74) is 6.83. The number of aliphatic carboxylic acids is 1. The van der Waals surface area contributed by atoms with Crippen LogP contribution in [-0.4, -0.2) is 52.6 Å². The van der Waals surface area contributed by atoms with Crippen LogP contribution in [-0.2, 0) is 11.2 Å². The minimum Gasteiger partial charge on any atom is -0.489 e. The van der Waals surface area contributed by atoms with E-state index < -0.39 is 24.2 Å². The van der Waals surface area contributed by atoms with Gasteiger partial charge in [0.25, 0.3) is 0 Å². The molecule has 3 aromatic rings. The smallest absolute Gasteiger partial charge is 0.489 e. The van der Waals surface area contributed by atoms with E-state index >= 15 is 0 Å². The molecule has 0 amide bonds. The van der Waals surface area contributed by atoms with E-state index in [0.717, 1.165) is 40.8 Å². The molecule has 4 N–H and O–H groups in total. The average Bonchev–Trinajstić information content (AvgIpc) is 2.89. The van der Waals surface area contributed by atoms with Crippen molar-refractivity contribution in [3.63, 3.8) is 0 Å². The number of hydrogen-bond acceptors (Lipinski definition) is 5. The van der Waals surface area contributed by atoms with Gasteiger partial charge in [0.1, 0.15) is 11.9 Å². The number of aliphatic hydroxyl groups excluding tert-OH is 1. The summed E-state index contributed by atoms with van der Waals surface area (Å²) in [7, 11) is 0. The predicted octanol–water partition coefficient (Wildman–Crippen LogP) is 5.32. The van der Waals surface area contributed by atoms with E-state index in [1.54, 1.807) is 12.1 Å². The molecule has 0 fully saturated rings. The highest BCUT2D eigenvalue weighted by Crippen LogP contribution is 2.32. The number of halogens is 3. The van der Waals surface area contributed by atoms with Gasteiger partial charge in [-0.25, -0.2) is 9.59 Å². The number of fused-ring (bicyclic) bond motifs is 1. The molecule has 0 aromatic heterocycles. The lowest BCUT2D eigenvalue weighted by atomic mass is 9.96. The van der Waals surface area contributed by atoms with Crippen LogP contribution in [0.15, 0.2) is 60.7 Å². The number of benzene rings is 3. The fourth-order valence-corrected chi connectivity index (χ4v) is 4.04. The zero-order chi connectivity index (χ0) is 28.7. The molecule has 1 aliphatic rings. The molecule has 0 bridgehead atoms. The number of alkyl halides is 3. The summed E-state index contributed by atoms with van der Waals surface area (Å²) in [6.45, 7) is 5.29. The van der Waals surface area contributed by atoms with E-state index in [-0.39, 0.29) is 11.7 Å². The van der Waals surface area contributed by atoms with Gasteiger partial charge < -0.3 is 25.4 Å². The van der Waals surface area contributed by atoms with Crippen LogP contribution in [0.2, 0.25) is 0 Å². The number of carboxylic acids is 2. The van der Waals surface area contributed by atoms with Gasteiger partial charge in [-0.2, -0.15) is 13.2 Å². The zero-order valence-corrected chi connectivity index (χ0v) is 21.5. The second kappa shape index (κ2) is 12.8. The van der Waals surface area contributed by atoms with Crippen molar-refractivity contribution in [1.29, 1.82) is 0 Å². The predicted molar refractivity (Wildman–Crippen MR) is 139 cm³/mol. The molecule has 0 saturated carbocycles. The number of aryl methyl sites for hydroxylation is 3. The average molecular weight is 546 g/mol. The van der Waals surface area contributed by atoms with Crippen LogP contribution in [0.25, 0.3) is 11.1 Å². The topological polar surface area (TPSA) is 116 Å². The standard InChI is InChI=1S/C27H29NO4.C2HF3O2/c1-17-3-4-22(13-18(17)2)25(29)16-28-15-24-11-9-23-14-21(10-12-26(23)32-24)19-5-7-20(8-6-19)27(30)31;3-2(4,5)1(6)7/h3-8,10,12-14,24-25,28-29H,9,11,15-16H2,1-2H3,(H,30,31);(H,6,7)/t24-,25-;/m1./s1. The Morgan fingerprint density at radius 1 is 0.974 bits per heavy atom. The molecule has 0 radical (unpaired) electrons. The van der Waals surface area contributed by atoms with Crippen molar-refractivity contribution in [1.82, 2.24) is 5.32 Å². The maximum Gasteiger partial charge on any atom is 0.490 e. The number of carboxylic acid groups (broad SMARTS) is 2. The Morgan fingerprint density at radius 2 is 1.62 bits per heavy atom. The van der Waals surface area contributed by atoms with Crippen LogP contribution < -0.4 is 10.1 Å². The Labute approximate surface area is 223 Å². The number of aliphatic hydroxyl groups is 1. The summed E-state index contributed by atoms with van der Waals surface area (Å²) in [6.07, 6.45) is -3.74. The van der Waals surface area contributed by atoms with E-state index in [2.05, 4.69) is 25.2 Å². The van der Waals surface area contributed by atoms with E-state index in [1.165, 1.54) is 11.1 Å². The molecule has 208 valence electrons. The SMILES string of the molecule is Cc1ccc([C@H](O)CNC[C@H]2CCc3cc(-c4ccc(C(=O)O)cc4)ccc3O2)cc1C.O=C(O)C(F)(F)F. The van der Waals surface area contributed by atoms with Crippen LogP contribution in [0.1, 0.15) is 45.1 Å². The normalized spacial score (nSPS) is 15.3. The zero-order valence-electron chi connectivity index (χ0n) is 21.5. The van der Waals surface area contributed by atoms with Crippen LogP contribution in [0, 0.1) is 13.8 Å². The fraction of sp³-hybridized carbons (Fsp3) is 0.310. The van der Waals surface area contributed by atoms with E-state index in [0.29, 0.717) is 13.1 Å². The fourth-order valence-electron chi connectivity index (χ4n) is 4.04. The third-order valence-corrected chi connectivity index (χ3v) is 6.42. The van der Waals surface area contributed by atoms with E-state index in [9.17, 15) is 23.1 Å². The first-order chi connectivity index (χ1) is 18.3. The number of rotatable bonds is 7. The first-order valence-electron chi connectivity index (χ1n) is 12.2. The van der Waals surface area contributed by atoms with Crippen LogP contribution in [0.3, 0.4) is 0 Å². The lowest BCUT2D eigenvalue weighted by molar-refractivity contribution is -0.192. The molecular formula is C29H30F3NO6. The summed E-state index contributed by atoms with van der Waals surface area (Å²) >= 11 is 0. The largest absolute Gasteiger partial charge is 0.490 e. The highest BCUT2D eigenvalue weighted by Gasteiger charge is 2.38. The van der Waals surface area contributed by atoms with Crippen molar-refractivity contribution in [3.8, 4) is 16.9 Å². The number of aromatic carboxylic acids is 1. The molecule has 7 nitrogen and oxygen atoms in total. The third kappa shape index (κ3) is 8.30. The van der Waals surface area contributed by atoms with Crippen LogP contribution in [0.4, 0.5) is 13.2 Å². The molecule has 1 heterocycles. The molecule has 10 heteroatoms. The Hall–Kier alpha value is -3.89. The van der Waals surface area contributed by atoms with Crippen LogP contribution in [0.5, 0.6) is 5.75 Å². The molecule has 3 aromatic carbocycles. The second-order valence-electron chi connectivity index (χ2n) is 9.30. The van der Waals surface area contributed by atoms with Gasteiger partial charge in [-0.05, 0) is 84.3 Å². The maximum absolute atomic E-state index is 11.0. The molecule has 0 saturated heterocycles. The Morgan fingerprint density at radius 3 is 2.21 bits per heavy atom. The first kappa shape index (κ1) is 29.7. The number of carbonyl (C=O) groups is 2. The number of hydrogen-bond donors (Lipinski definition) is 4. The molecule has 1 aliphatic heterocycles. The van der Waals surface area contributed by atoms with Gasteiger partial charge in [-0.3, -0.25) is 0 Å². The lowest BCUT2D eigenvalue weighted by Crippen LogP contribution is -2.36. The van der Waals surface area contributed by atoms with Gasteiger partial charge in [0, 0.05) is 13.1 Å². The molecule has 0 unspecified atom stereocenters.